The minimum atomic E-state index is 0.701. The average Bonchev–Trinajstić information content (AvgIpc) is 2.29. The zero-order valence-electron chi connectivity index (χ0n) is 9.66. The van der Waals surface area contributed by atoms with E-state index in [4.69, 9.17) is 0 Å². The van der Waals surface area contributed by atoms with E-state index >= 15 is 0 Å². The minimum absolute atomic E-state index is 0.701. The first-order chi connectivity index (χ1) is 7.31. The zero-order chi connectivity index (χ0) is 10.7. The van der Waals surface area contributed by atoms with Gasteiger partial charge in [0.25, 0.3) is 0 Å². The van der Waals surface area contributed by atoms with Crippen LogP contribution in [0.25, 0.3) is 0 Å². The Morgan fingerprint density at radius 3 is 3.00 bits per heavy atom. The van der Waals surface area contributed by atoms with E-state index in [1.807, 2.05) is 0 Å². The van der Waals surface area contributed by atoms with Crippen LogP contribution in [0.15, 0.2) is 24.3 Å². The van der Waals surface area contributed by atoms with Crippen molar-refractivity contribution >= 4 is 5.69 Å². The molecule has 15 heavy (non-hydrogen) atoms. The molecule has 1 aromatic rings. The predicted octanol–water partition coefficient (Wildman–Crippen LogP) is 2.54. The highest BCUT2D eigenvalue weighted by Gasteiger charge is 2.19. The van der Waals surface area contributed by atoms with Crippen molar-refractivity contribution in [2.45, 2.75) is 19.3 Å². The summed E-state index contributed by atoms with van der Waals surface area (Å²) in [5, 5.41) is 3.47. The molecule has 0 spiro atoms. The number of benzene rings is 1. The molecule has 1 atom stereocenters. The fraction of sp³-hybridized carbons (Fsp3) is 0.538. The van der Waals surface area contributed by atoms with Gasteiger partial charge in [0, 0.05) is 24.7 Å². The van der Waals surface area contributed by atoms with Crippen LogP contribution >= 0.6 is 0 Å². The Labute approximate surface area is 92.3 Å². The van der Waals surface area contributed by atoms with E-state index in [1.54, 1.807) is 0 Å². The maximum atomic E-state index is 3.47. The largest absolute Gasteiger partial charge is 0.385 e. The first kappa shape index (κ1) is 10.5. The lowest BCUT2D eigenvalue weighted by Crippen LogP contribution is -2.28. The maximum Gasteiger partial charge on any atom is 0.0376 e. The molecule has 1 heterocycles. The van der Waals surface area contributed by atoms with Gasteiger partial charge in [0.05, 0.1) is 0 Å². The first-order valence-corrected chi connectivity index (χ1v) is 5.82. The highest BCUT2D eigenvalue weighted by atomic mass is 15.1. The summed E-state index contributed by atoms with van der Waals surface area (Å²) in [5.74, 6) is 0.701. The van der Waals surface area contributed by atoms with E-state index < -0.39 is 0 Å². The second-order valence-corrected chi connectivity index (χ2v) is 4.35. The smallest absolute Gasteiger partial charge is 0.0376 e. The van der Waals surface area contributed by atoms with Crippen LogP contribution in [0, 0.1) is 0 Å². The quantitative estimate of drug-likeness (QED) is 0.814. The minimum Gasteiger partial charge on any atom is -0.385 e. The highest BCUT2D eigenvalue weighted by Crippen LogP contribution is 2.31. The van der Waals surface area contributed by atoms with Crippen molar-refractivity contribution in [3.05, 3.63) is 29.8 Å². The molecule has 0 saturated carbocycles. The van der Waals surface area contributed by atoms with Crippen molar-refractivity contribution in [3.8, 4) is 0 Å². The topological polar surface area (TPSA) is 15.3 Å². The lowest BCUT2D eigenvalue weighted by Gasteiger charge is -2.29. The van der Waals surface area contributed by atoms with E-state index in [2.05, 4.69) is 48.5 Å². The Morgan fingerprint density at radius 1 is 1.40 bits per heavy atom. The van der Waals surface area contributed by atoms with E-state index in [1.165, 1.54) is 24.2 Å². The summed E-state index contributed by atoms with van der Waals surface area (Å²) >= 11 is 0. The van der Waals surface area contributed by atoms with Gasteiger partial charge in [0.2, 0.25) is 0 Å². The Balaban J connectivity index is 2.15. The first-order valence-electron chi connectivity index (χ1n) is 5.82. The molecule has 1 aromatic carbocycles. The van der Waals surface area contributed by atoms with Crippen molar-refractivity contribution < 1.29 is 0 Å². The Hall–Kier alpha value is -1.02. The Bertz CT molecular complexity index is 322. The van der Waals surface area contributed by atoms with Crippen molar-refractivity contribution in [1.82, 2.24) is 4.90 Å². The molecule has 2 heteroatoms. The molecule has 0 aliphatic carbocycles. The number of anilines is 1. The van der Waals surface area contributed by atoms with Crippen LogP contribution in [0.5, 0.6) is 0 Å². The van der Waals surface area contributed by atoms with Crippen LogP contribution in [0.2, 0.25) is 0 Å². The van der Waals surface area contributed by atoms with Gasteiger partial charge in [-0.2, -0.15) is 0 Å². The van der Waals surface area contributed by atoms with Crippen LogP contribution in [-0.4, -0.2) is 31.6 Å². The van der Waals surface area contributed by atoms with Gasteiger partial charge in [-0.15, -0.1) is 0 Å². The molecule has 0 bridgehead atoms. The summed E-state index contributed by atoms with van der Waals surface area (Å²) < 4.78 is 0. The number of likely N-dealkylation sites (N-methyl/N-ethyl adjacent to an activating group) is 1. The van der Waals surface area contributed by atoms with Gasteiger partial charge in [-0.1, -0.05) is 25.1 Å². The summed E-state index contributed by atoms with van der Waals surface area (Å²) in [6.45, 7) is 5.63. The second-order valence-electron chi connectivity index (χ2n) is 4.35. The van der Waals surface area contributed by atoms with Crippen molar-refractivity contribution in [2.75, 3.05) is 32.0 Å². The van der Waals surface area contributed by atoms with Crippen LogP contribution in [0.3, 0.4) is 0 Å². The summed E-state index contributed by atoms with van der Waals surface area (Å²) in [7, 11) is 2.20. The van der Waals surface area contributed by atoms with Gasteiger partial charge in [0.15, 0.2) is 0 Å². The number of hydrogen-bond acceptors (Lipinski definition) is 2. The number of nitrogens with one attached hydrogen (secondary N) is 1. The van der Waals surface area contributed by atoms with Gasteiger partial charge in [-0.3, -0.25) is 0 Å². The van der Waals surface area contributed by atoms with E-state index in [9.17, 15) is 0 Å². The predicted molar refractivity (Wildman–Crippen MR) is 65.5 cm³/mol. The number of para-hydroxylation sites is 1. The lowest BCUT2D eigenvalue weighted by atomic mass is 9.90. The molecule has 2 nitrogen and oxygen atoms in total. The summed E-state index contributed by atoms with van der Waals surface area (Å²) in [4.78, 5) is 2.40. The molecule has 1 N–H and O–H groups in total. The van der Waals surface area contributed by atoms with Gasteiger partial charge < -0.3 is 10.2 Å². The highest BCUT2D eigenvalue weighted by molar-refractivity contribution is 5.54. The summed E-state index contributed by atoms with van der Waals surface area (Å²) in [6.07, 6.45) is 1.25. The van der Waals surface area contributed by atoms with Gasteiger partial charge in [0.1, 0.15) is 0 Å². The molecule has 1 aliphatic heterocycles. The lowest BCUT2D eigenvalue weighted by molar-refractivity contribution is 0.319. The van der Waals surface area contributed by atoms with E-state index in [0.717, 1.165) is 13.1 Å². The van der Waals surface area contributed by atoms with Gasteiger partial charge >= 0.3 is 0 Å². The number of hydrogen-bond donors (Lipinski definition) is 1. The van der Waals surface area contributed by atoms with Gasteiger partial charge in [-0.25, -0.2) is 0 Å². The number of nitrogens with zero attached hydrogens (tertiary/aromatic N) is 1. The van der Waals surface area contributed by atoms with E-state index in [0.29, 0.717) is 5.92 Å². The monoisotopic (exact) mass is 204 g/mol. The molecule has 0 amide bonds. The van der Waals surface area contributed by atoms with Crippen LogP contribution < -0.4 is 5.32 Å². The number of fused-ring (bicyclic) bond motifs is 1. The SMILES string of the molecule is CCN(C)CC1CCNc2ccccc21. The van der Waals surface area contributed by atoms with Crippen molar-refractivity contribution in [2.24, 2.45) is 0 Å². The summed E-state index contributed by atoms with van der Waals surface area (Å²) in [6, 6.07) is 8.70. The Morgan fingerprint density at radius 2 is 2.20 bits per heavy atom. The third-order valence-corrected chi connectivity index (χ3v) is 3.28. The fourth-order valence-corrected chi connectivity index (χ4v) is 2.25. The molecule has 0 aromatic heterocycles. The van der Waals surface area contributed by atoms with Crippen LogP contribution in [-0.2, 0) is 0 Å². The normalized spacial score (nSPS) is 19.8. The fourth-order valence-electron chi connectivity index (χ4n) is 2.25. The van der Waals surface area contributed by atoms with E-state index in [-0.39, 0.29) is 0 Å². The molecule has 0 fully saturated rings. The third kappa shape index (κ3) is 2.32. The van der Waals surface area contributed by atoms with Crippen LogP contribution in [0.4, 0.5) is 5.69 Å². The molecule has 2 rings (SSSR count). The molecule has 1 aliphatic rings. The van der Waals surface area contributed by atoms with Crippen molar-refractivity contribution in [3.63, 3.8) is 0 Å². The third-order valence-electron chi connectivity index (χ3n) is 3.28. The zero-order valence-corrected chi connectivity index (χ0v) is 9.66. The standard InChI is InChI=1S/C13H20N2/c1-3-15(2)10-11-8-9-14-13-7-5-4-6-12(11)13/h4-7,11,14H,3,8-10H2,1-2H3. The molecular formula is C13H20N2. The van der Waals surface area contributed by atoms with Crippen LogP contribution in [0.1, 0.15) is 24.8 Å². The molecule has 82 valence electrons. The molecular weight excluding hydrogens is 184 g/mol. The maximum absolute atomic E-state index is 3.47. The molecule has 0 radical (unpaired) electrons. The molecule has 0 saturated heterocycles. The van der Waals surface area contributed by atoms with Gasteiger partial charge in [-0.05, 0) is 31.6 Å². The average molecular weight is 204 g/mol. The molecule has 1 unspecified atom stereocenters. The summed E-state index contributed by atoms with van der Waals surface area (Å²) in [5.41, 5.74) is 2.82. The second kappa shape index (κ2) is 4.67. The number of rotatable bonds is 3. The Kier molecular flexibility index (Phi) is 3.27. The van der Waals surface area contributed by atoms with Crippen molar-refractivity contribution in [1.29, 1.82) is 0 Å².